The fourth-order valence-electron chi connectivity index (χ4n) is 2.81. The average Bonchev–Trinajstić information content (AvgIpc) is 2.84. The maximum Gasteiger partial charge on any atom is 0.110 e. The van der Waals surface area contributed by atoms with Gasteiger partial charge in [-0.05, 0) is 38.0 Å². The molecule has 2 aromatic heterocycles. The van der Waals surface area contributed by atoms with Crippen LogP contribution in [0.4, 0.5) is 0 Å². The summed E-state index contributed by atoms with van der Waals surface area (Å²) < 4.78 is 2.31. The topological polar surface area (TPSA) is 30.7 Å². The fourth-order valence-corrected chi connectivity index (χ4v) is 2.81. The van der Waals surface area contributed by atoms with Crippen molar-refractivity contribution in [1.82, 2.24) is 14.8 Å². The third-order valence-corrected chi connectivity index (χ3v) is 4.23. The number of rotatable bonds is 4. The highest BCUT2D eigenvalue weighted by Crippen LogP contribution is 2.27. The van der Waals surface area contributed by atoms with Crippen molar-refractivity contribution >= 4 is 23.1 Å². The molecule has 0 radical (unpaired) electrons. The molecule has 3 rings (SSSR count). The first-order valence-corrected chi connectivity index (χ1v) is 7.87. The summed E-state index contributed by atoms with van der Waals surface area (Å²) in [6.45, 7) is 7.20. The van der Waals surface area contributed by atoms with Gasteiger partial charge in [0.15, 0.2) is 0 Å². The first-order chi connectivity index (χ1) is 11.2. The van der Waals surface area contributed by atoms with E-state index >= 15 is 0 Å². The summed E-state index contributed by atoms with van der Waals surface area (Å²) in [5.41, 5.74) is 5.76. The number of aryl methyl sites for hydroxylation is 1. The predicted molar refractivity (Wildman–Crippen MR) is 97.2 cm³/mol. The molecule has 0 N–H and O–H groups in total. The normalized spacial score (nSPS) is 12.0. The number of benzene rings is 1. The van der Waals surface area contributed by atoms with Crippen LogP contribution in [0.2, 0.25) is 0 Å². The van der Waals surface area contributed by atoms with Gasteiger partial charge in [-0.15, -0.1) is 5.10 Å². The van der Waals surface area contributed by atoms with Gasteiger partial charge in [0.25, 0.3) is 0 Å². The van der Waals surface area contributed by atoms with Crippen LogP contribution in [-0.4, -0.2) is 14.8 Å². The molecule has 3 aromatic rings. The van der Waals surface area contributed by atoms with Crippen molar-refractivity contribution in [2.24, 2.45) is 0 Å². The average molecular weight is 303 g/mol. The molecule has 0 bridgehead atoms. The van der Waals surface area contributed by atoms with E-state index in [1.54, 1.807) is 0 Å². The lowest BCUT2D eigenvalue weighted by atomic mass is 10.1. The summed E-state index contributed by atoms with van der Waals surface area (Å²) in [5.74, 6) is 0. The Morgan fingerprint density at radius 1 is 1.09 bits per heavy atom. The molecule has 0 amide bonds. The third kappa shape index (κ3) is 2.95. The quantitative estimate of drug-likeness (QED) is 0.648. The van der Waals surface area contributed by atoms with Gasteiger partial charge in [-0.1, -0.05) is 48.6 Å². The fraction of sp³-hybridized carbons (Fsp3) is 0.200. The monoisotopic (exact) mass is 303 g/mol. The summed E-state index contributed by atoms with van der Waals surface area (Å²) >= 11 is 0. The van der Waals surface area contributed by atoms with Gasteiger partial charge in [-0.2, -0.15) is 5.10 Å². The molecule has 3 heteroatoms. The van der Waals surface area contributed by atoms with Crippen molar-refractivity contribution in [3.05, 3.63) is 71.2 Å². The Hall–Kier alpha value is -2.68. The van der Waals surface area contributed by atoms with Gasteiger partial charge in [0.2, 0.25) is 0 Å². The van der Waals surface area contributed by atoms with E-state index in [1.165, 1.54) is 16.6 Å². The predicted octanol–water partition coefficient (Wildman–Crippen LogP) is 4.79. The zero-order valence-corrected chi connectivity index (χ0v) is 13.8. The second-order valence-corrected chi connectivity index (χ2v) is 5.63. The van der Waals surface area contributed by atoms with Crippen molar-refractivity contribution in [2.45, 2.75) is 27.3 Å². The van der Waals surface area contributed by atoms with E-state index in [9.17, 15) is 0 Å². The lowest BCUT2D eigenvalue weighted by Crippen LogP contribution is -2.00. The van der Waals surface area contributed by atoms with Crippen LogP contribution < -0.4 is 0 Å². The van der Waals surface area contributed by atoms with Gasteiger partial charge < -0.3 is 4.57 Å². The number of aromatic nitrogens is 3. The molecule has 0 aliphatic rings. The highest BCUT2D eigenvalue weighted by Gasteiger charge is 2.13. The first-order valence-electron chi connectivity index (χ1n) is 7.87. The number of nitrogens with zero attached hydrogens (tertiary/aromatic N) is 3. The molecule has 116 valence electrons. The Kier molecular flexibility index (Phi) is 4.38. The van der Waals surface area contributed by atoms with Crippen LogP contribution in [0, 0.1) is 13.8 Å². The van der Waals surface area contributed by atoms with Gasteiger partial charge in [0.1, 0.15) is 5.69 Å². The smallest absolute Gasteiger partial charge is 0.110 e. The van der Waals surface area contributed by atoms with Gasteiger partial charge in [-0.25, -0.2) is 0 Å². The largest absolute Gasteiger partial charge is 0.339 e. The van der Waals surface area contributed by atoms with Crippen molar-refractivity contribution in [1.29, 1.82) is 0 Å². The highest BCUT2D eigenvalue weighted by molar-refractivity contribution is 5.91. The van der Waals surface area contributed by atoms with E-state index in [1.807, 2.05) is 31.3 Å². The maximum absolute atomic E-state index is 4.36. The van der Waals surface area contributed by atoms with Crippen LogP contribution >= 0.6 is 0 Å². The lowest BCUT2D eigenvalue weighted by Gasteiger charge is -2.06. The number of hydrogen-bond donors (Lipinski definition) is 0. The van der Waals surface area contributed by atoms with Gasteiger partial charge >= 0.3 is 0 Å². The summed E-state index contributed by atoms with van der Waals surface area (Å²) in [7, 11) is 0. The Morgan fingerprint density at radius 3 is 2.61 bits per heavy atom. The molecule has 0 atom stereocenters. The second-order valence-electron chi connectivity index (χ2n) is 5.63. The molecule has 0 aliphatic carbocycles. The highest BCUT2D eigenvalue weighted by atomic mass is 15.1. The SMILES string of the molecule is C/C=C/Cn1c(C)c(C)c2cnnc(C=Cc3ccccc3)c21. The van der Waals surface area contributed by atoms with E-state index in [-0.39, 0.29) is 0 Å². The summed E-state index contributed by atoms with van der Waals surface area (Å²) in [6.07, 6.45) is 10.2. The van der Waals surface area contributed by atoms with E-state index < -0.39 is 0 Å². The Bertz CT molecular complexity index is 871. The minimum absolute atomic E-state index is 0.852. The van der Waals surface area contributed by atoms with Crippen LogP contribution in [-0.2, 0) is 6.54 Å². The van der Waals surface area contributed by atoms with E-state index in [4.69, 9.17) is 0 Å². The molecule has 0 saturated carbocycles. The van der Waals surface area contributed by atoms with Crippen molar-refractivity contribution in [3.63, 3.8) is 0 Å². The zero-order valence-electron chi connectivity index (χ0n) is 13.8. The van der Waals surface area contributed by atoms with Crippen molar-refractivity contribution in [3.8, 4) is 0 Å². The standard InChI is InChI=1S/C20H21N3/c1-4-5-13-23-16(3)15(2)18-14-21-22-19(20(18)23)12-11-17-9-7-6-8-10-17/h4-12,14H,13H2,1-3H3/b5-4+,12-11?. The Labute approximate surface area is 137 Å². The molecular formula is C20H21N3. The summed E-state index contributed by atoms with van der Waals surface area (Å²) in [6, 6.07) is 10.3. The van der Waals surface area contributed by atoms with Crippen LogP contribution in [0.15, 0.2) is 48.7 Å². The minimum Gasteiger partial charge on any atom is -0.339 e. The molecule has 3 nitrogen and oxygen atoms in total. The van der Waals surface area contributed by atoms with Crippen LogP contribution in [0.3, 0.4) is 0 Å². The van der Waals surface area contributed by atoms with Crippen LogP contribution in [0.5, 0.6) is 0 Å². The van der Waals surface area contributed by atoms with Crippen LogP contribution in [0.1, 0.15) is 29.4 Å². The first kappa shape index (κ1) is 15.2. The third-order valence-electron chi connectivity index (χ3n) is 4.23. The van der Waals surface area contributed by atoms with Gasteiger partial charge in [0, 0.05) is 17.6 Å². The molecule has 2 heterocycles. The van der Waals surface area contributed by atoms with Crippen molar-refractivity contribution in [2.75, 3.05) is 0 Å². The van der Waals surface area contributed by atoms with Gasteiger partial charge in [0.05, 0.1) is 11.7 Å². The number of hydrogen-bond acceptors (Lipinski definition) is 2. The maximum atomic E-state index is 4.36. The molecule has 23 heavy (non-hydrogen) atoms. The van der Waals surface area contributed by atoms with Gasteiger partial charge in [-0.3, -0.25) is 0 Å². The zero-order chi connectivity index (χ0) is 16.2. The summed E-state index contributed by atoms with van der Waals surface area (Å²) in [4.78, 5) is 0. The molecule has 0 spiro atoms. The summed E-state index contributed by atoms with van der Waals surface area (Å²) in [5, 5.41) is 9.73. The van der Waals surface area contributed by atoms with Crippen LogP contribution in [0.25, 0.3) is 23.1 Å². The van der Waals surface area contributed by atoms with E-state index in [2.05, 4.69) is 65.0 Å². The molecule has 0 saturated heterocycles. The lowest BCUT2D eigenvalue weighted by molar-refractivity contribution is 0.817. The molecular weight excluding hydrogens is 282 g/mol. The van der Waals surface area contributed by atoms with E-state index in [0.29, 0.717) is 0 Å². The number of fused-ring (bicyclic) bond motifs is 1. The van der Waals surface area contributed by atoms with Crippen molar-refractivity contribution < 1.29 is 0 Å². The Morgan fingerprint density at radius 2 is 1.87 bits per heavy atom. The van der Waals surface area contributed by atoms with E-state index in [0.717, 1.165) is 23.3 Å². The number of allylic oxidation sites excluding steroid dienone is 2. The molecule has 0 unspecified atom stereocenters. The minimum atomic E-state index is 0.852. The molecule has 1 aromatic carbocycles. The molecule has 0 fully saturated rings. The second kappa shape index (κ2) is 6.61. The Balaban J connectivity index is 2.13. The molecule has 0 aliphatic heterocycles.